The summed E-state index contributed by atoms with van der Waals surface area (Å²) in [6.07, 6.45) is 2.39. The van der Waals surface area contributed by atoms with Crippen molar-refractivity contribution in [3.63, 3.8) is 0 Å². The van der Waals surface area contributed by atoms with Crippen LogP contribution >= 0.6 is 37.2 Å². The van der Waals surface area contributed by atoms with Gasteiger partial charge in [-0.1, -0.05) is 115 Å². The molecular weight excluding hydrogens is 623 g/mol. The maximum Gasteiger partial charge on any atom is 0.0402 e. The number of benzene rings is 1. The van der Waals surface area contributed by atoms with Crippen LogP contribution in [0.5, 0.6) is 0 Å². The quantitative estimate of drug-likeness (QED) is 0.293. The van der Waals surface area contributed by atoms with Crippen molar-refractivity contribution in [2.75, 3.05) is 6.61 Å². The molecule has 0 aliphatic heterocycles. The summed E-state index contributed by atoms with van der Waals surface area (Å²) >= 11 is 4.24. The van der Waals surface area contributed by atoms with Gasteiger partial charge in [-0.3, -0.25) is 0 Å². The van der Waals surface area contributed by atoms with E-state index in [4.69, 9.17) is 5.11 Å². The van der Waals surface area contributed by atoms with Crippen LogP contribution in [0.25, 0.3) is 0 Å². The third kappa shape index (κ3) is 83.4. The summed E-state index contributed by atoms with van der Waals surface area (Å²) in [4.78, 5) is 0. The fourth-order valence-corrected chi connectivity index (χ4v) is 0.824. The number of aliphatic hydroxyl groups excluding tert-OH is 1. The molecule has 0 amide bonds. The van der Waals surface area contributed by atoms with Crippen molar-refractivity contribution in [3.8, 4) is 0 Å². The van der Waals surface area contributed by atoms with Crippen molar-refractivity contribution < 1.29 is 37.8 Å². The van der Waals surface area contributed by atoms with Crippen molar-refractivity contribution in [3.05, 3.63) is 35.4 Å². The first-order valence-electron chi connectivity index (χ1n) is 6.96. The van der Waals surface area contributed by atoms with Crippen LogP contribution in [0.15, 0.2) is 24.3 Å². The first-order valence-corrected chi connectivity index (χ1v) is 13.2. The van der Waals surface area contributed by atoms with Gasteiger partial charge in [0, 0.05) is 76.5 Å². The smallest absolute Gasteiger partial charge is 0.0402 e. The molecule has 4 heteroatoms. The summed E-state index contributed by atoms with van der Waals surface area (Å²) in [6.45, 7) is 14.5. The Balaban J connectivity index is -0.0000000131. The molecule has 0 atom stereocenters. The summed E-state index contributed by atoms with van der Waals surface area (Å²) in [5.74, 6) is 0. The second-order valence-corrected chi connectivity index (χ2v) is 3.36. The second-order valence-electron chi connectivity index (χ2n) is 3.36. The average molecular weight is 679 g/mol. The Morgan fingerprint density at radius 3 is 1.08 bits per heavy atom. The van der Waals surface area contributed by atoms with Crippen LogP contribution in [0.4, 0.5) is 0 Å². The molecule has 1 nitrogen and oxygen atoms in total. The van der Waals surface area contributed by atoms with Gasteiger partial charge in [0.05, 0.1) is 0 Å². The van der Waals surface area contributed by atoms with Crippen LogP contribution in [0.1, 0.15) is 104 Å². The van der Waals surface area contributed by atoms with Gasteiger partial charge in [0.25, 0.3) is 0 Å². The van der Waals surface area contributed by atoms with Gasteiger partial charge in [0.2, 0.25) is 0 Å². The molecule has 0 saturated carbocycles. The molecule has 0 aromatic heterocycles. The maximum absolute atomic E-state index is 7.57. The van der Waals surface area contributed by atoms with Crippen LogP contribution in [0.2, 0.25) is 0 Å². The Kier molecular flexibility index (Phi) is 222. The Labute approximate surface area is 220 Å². The topological polar surface area (TPSA) is 20.2 Å². The van der Waals surface area contributed by atoms with E-state index in [0.717, 1.165) is 6.42 Å². The van der Waals surface area contributed by atoms with E-state index >= 15 is 0 Å². The fourth-order valence-electron chi connectivity index (χ4n) is 0.824. The van der Waals surface area contributed by atoms with E-state index in [0.29, 0.717) is 0 Å². The molecule has 0 unspecified atom stereocenters. The van der Waals surface area contributed by atoms with Crippen LogP contribution in [-0.2, 0) is 39.1 Å². The van der Waals surface area contributed by atoms with Crippen LogP contribution < -0.4 is 0 Å². The third-order valence-corrected chi connectivity index (χ3v) is 1.53. The van der Waals surface area contributed by atoms with E-state index in [9.17, 15) is 0 Å². The van der Waals surface area contributed by atoms with E-state index in [2.05, 4.69) is 89.2 Å². The predicted molar refractivity (Wildman–Crippen MR) is 149 cm³/mol. The number of hydrogen-bond acceptors (Lipinski definition) is 1. The molecule has 0 fully saturated rings. The first kappa shape index (κ1) is 70.8. The van der Waals surface area contributed by atoms with E-state index in [1.165, 1.54) is 17.5 Å². The Hall–Kier alpha value is 1.74. The van der Waals surface area contributed by atoms with Gasteiger partial charge < -0.3 is 5.11 Å². The molecule has 1 aromatic rings. The molecule has 0 heterocycles. The Bertz CT molecular complexity index is 216. The van der Waals surface area contributed by atoms with Crippen LogP contribution in [0.3, 0.4) is 0 Å². The molecule has 0 bridgehead atoms. The average Bonchev–Trinajstić information content (AvgIpc) is 2.46. The van der Waals surface area contributed by atoms with E-state index in [-0.39, 0.29) is 83.9 Å². The van der Waals surface area contributed by atoms with E-state index in [1.807, 2.05) is 13.8 Å². The van der Waals surface area contributed by atoms with Gasteiger partial charge in [0.15, 0.2) is 0 Å². The Morgan fingerprint density at radius 2 is 0.923 bits per heavy atom. The molecule has 1 N–H and O–H groups in total. The van der Waals surface area contributed by atoms with Gasteiger partial charge in [-0.15, -0.1) is 0 Å². The molecule has 0 aliphatic rings. The summed E-state index contributed by atoms with van der Waals surface area (Å²) in [5, 5.41) is 7.57. The number of halogens is 2. The molecule has 1 rings (SSSR count). The minimum atomic E-state index is 0. The second kappa shape index (κ2) is 81.5. The molecular formula is C22H56I2OY. The van der Waals surface area contributed by atoms with Gasteiger partial charge in [-0.2, -0.15) is 0 Å². The number of aryl methyl sites for hydroxylation is 2. The molecule has 26 heavy (non-hydrogen) atoms. The van der Waals surface area contributed by atoms with Crippen molar-refractivity contribution in [2.45, 2.75) is 106 Å². The summed E-state index contributed by atoms with van der Waals surface area (Å²) in [6, 6.07) is 8.66. The van der Waals surface area contributed by atoms with Crippen LogP contribution in [0, 0.1) is 6.92 Å². The molecule has 0 spiro atoms. The number of rotatable bonds is 1. The summed E-state index contributed by atoms with van der Waals surface area (Å²) < 4.78 is 0. The zero-order valence-corrected chi connectivity index (χ0v) is 21.4. The fraction of sp³-hybridized carbons (Fsp3) is 0.727. The van der Waals surface area contributed by atoms with Crippen molar-refractivity contribution >= 4 is 37.2 Å². The molecule has 0 aliphatic carbocycles. The largest absolute Gasteiger partial charge is 0.397 e. The van der Waals surface area contributed by atoms with Crippen LogP contribution in [-0.4, -0.2) is 11.7 Å². The zero-order valence-electron chi connectivity index (χ0n) is 14.2. The maximum atomic E-state index is 7.57. The van der Waals surface area contributed by atoms with Gasteiger partial charge >= 0.3 is 0 Å². The third-order valence-electron chi connectivity index (χ3n) is 1.53. The van der Waals surface area contributed by atoms with Crippen molar-refractivity contribution in [2.24, 2.45) is 0 Å². The van der Waals surface area contributed by atoms with Gasteiger partial charge in [-0.05, 0) is 25.8 Å². The number of aliphatic hydroxyl groups is 1. The standard InChI is InChI=1S/C9H12.C3H8.C2H6O.C2H6.6CH4.I2.Y/c1-3-9-6-4-8(2)5-7-9;1-3-2;1-2-3;1-2;;;;;;;1-2;/h4-7H,3H2,1-2H3;3H2,1-2H3;3H,2H2,1H3;1-2H3;6*1H4;;. The van der Waals surface area contributed by atoms with Crippen molar-refractivity contribution in [1.29, 1.82) is 0 Å². The zero-order chi connectivity index (χ0) is 16.1. The molecule has 1 radical (unpaired) electrons. The number of hydrogen-bond donors (Lipinski definition) is 1. The Morgan fingerprint density at radius 1 is 0.731 bits per heavy atom. The molecule has 167 valence electrons. The van der Waals surface area contributed by atoms with Gasteiger partial charge in [-0.25, -0.2) is 0 Å². The molecule has 1 aromatic carbocycles. The normalized spacial score (nSPS) is 5.15. The first-order chi connectivity index (χ1) is 9.15. The molecule has 0 saturated heterocycles. The monoisotopic (exact) mass is 679 g/mol. The SMILES string of the molecule is C.C.C.C.C.C.CC.CCC.CCO.CCc1ccc(C)cc1.II.[Y]. The minimum Gasteiger partial charge on any atom is -0.397 e. The van der Waals surface area contributed by atoms with E-state index < -0.39 is 0 Å². The minimum absolute atomic E-state index is 0. The predicted octanol–water partition coefficient (Wildman–Crippen LogP) is 10.6. The summed E-state index contributed by atoms with van der Waals surface area (Å²) in [7, 11) is 0. The van der Waals surface area contributed by atoms with Crippen molar-refractivity contribution in [1.82, 2.24) is 0 Å². The van der Waals surface area contributed by atoms with Gasteiger partial charge in [0.1, 0.15) is 0 Å². The van der Waals surface area contributed by atoms with E-state index in [1.54, 1.807) is 6.92 Å². The summed E-state index contributed by atoms with van der Waals surface area (Å²) in [5.41, 5.74) is 2.76.